The number of hydrogen-bond acceptors (Lipinski definition) is 5. The minimum Gasteiger partial charge on any atom is -0.271 e. The molecule has 3 aromatic rings. The number of rotatable bonds is 3. The van der Waals surface area contributed by atoms with Crippen molar-refractivity contribution in [3.05, 3.63) is 58.7 Å². The largest absolute Gasteiger partial charge is 0.271 e. The summed E-state index contributed by atoms with van der Waals surface area (Å²) in [5.74, 6) is 5.65. The van der Waals surface area contributed by atoms with Crippen LogP contribution in [0.2, 0.25) is 0 Å². The van der Waals surface area contributed by atoms with E-state index in [0.29, 0.717) is 0 Å². The molecule has 2 aromatic heterocycles. The third kappa shape index (κ3) is 1.99. The molecule has 0 aliphatic heterocycles. The molecule has 1 atom stereocenters. The smallest absolute Gasteiger partial charge is 0.0819 e. The molecular weight excluding hydrogens is 244 g/mol. The molecule has 0 fully saturated rings. The highest BCUT2D eigenvalue weighted by Crippen LogP contribution is 2.26. The molecule has 0 radical (unpaired) electrons. The Hall–Kier alpha value is -1.82. The second-order valence-electron chi connectivity index (χ2n) is 3.96. The summed E-state index contributed by atoms with van der Waals surface area (Å²) >= 11 is 1.58. The summed E-state index contributed by atoms with van der Waals surface area (Å²) in [5, 5.41) is 1.13. The van der Waals surface area contributed by atoms with E-state index in [1.165, 1.54) is 0 Å². The summed E-state index contributed by atoms with van der Waals surface area (Å²) in [7, 11) is 0. The van der Waals surface area contributed by atoms with Gasteiger partial charge in [-0.15, -0.1) is 11.3 Å². The quantitative estimate of drug-likeness (QED) is 0.557. The Morgan fingerprint density at radius 2 is 2.22 bits per heavy atom. The van der Waals surface area contributed by atoms with Crippen LogP contribution in [-0.4, -0.2) is 9.97 Å². The fraction of sp³-hybridized carbons (Fsp3) is 0.0769. The molecule has 2 heterocycles. The van der Waals surface area contributed by atoms with Gasteiger partial charge in [0.25, 0.3) is 0 Å². The van der Waals surface area contributed by atoms with E-state index in [2.05, 4.69) is 33.6 Å². The van der Waals surface area contributed by atoms with Crippen LogP contribution >= 0.6 is 11.3 Å². The number of benzene rings is 1. The Morgan fingerprint density at radius 1 is 1.28 bits per heavy atom. The zero-order chi connectivity index (χ0) is 12.4. The minimum absolute atomic E-state index is 0.0380. The molecular formula is C13H12N4S. The fourth-order valence-corrected chi connectivity index (χ4v) is 2.68. The first-order chi connectivity index (χ1) is 8.88. The van der Waals surface area contributed by atoms with Gasteiger partial charge in [-0.05, 0) is 17.7 Å². The van der Waals surface area contributed by atoms with Crippen LogP contribution in [0.3, 0.4) is 0 Å². The van der Waals surface area contributed by atoms with Crippen LogP contribution in [0.15, 0.2) is 48.2 Å². The standard InChI is InChI=1S/C13H12N4S/c14-17-13(12-7-15-8-18-12)10-4-3-9-2-1-5-16-11(9)6-10/h1-8,13,17H,14H2. The molecule has 4 nitrogen and oxygen atoms in total. The predicted molar refractivity (Wildman–Crippen MR) is 73.0 cm³/mol. The number of pyridine rings is 1. The van der Waals surface area contributed by atoms with E-state index in [-0.39, 0.29) is 6.04 Å². The Bertz CT molecular complexity index is 651. The van der Waals surface area contributed by atoms with Gasteiger partial charge in [-0.3, -0.25) is 15.8 Å². The molecule has 5 heteroatoms. The van der Waals surface area contributed by atoms with Crippen molar-refractivity contribution in [2.24, 2.45) is 5.84 Å². The summed E-state index contributed by atoms with van der Waals surface area (Å²) in [4.78, 5) is 9.54. The maximum atomic E-state index is 5.65. The Kier molecular flexibility index (Phi) is 3.02. The maximum absolute atomic E-state index is 5.65. The van der Waals surface area contributed by atoms with E-state index in [1.807, 2.05) is 18.3 Å². The summed E-state index contributed by atoms with van der Waals surface area (Å²) in [5.41, 5.74) is 6.70. The Morgan fingerprint density at radius 3 is 3.00 bits per heavy atom. The zero-order valence-electron chi connectivity index (χ0n) is 9.58. The van der Waals surface area contributed by atoms with Crippen molar-refractivity contribution in [3.8, 4) is 0 Å². The average Bonchev–Trinajstić information content (AvgIpc) is 2.93. The highest BCUT2D eigenvalue weighted by molar-refractivity contribution is 7.09. The van der Waals surface area contributed by atoms with Gasteiger partial charge in [0.15, 0.2) is 0 Å². The summed E-state index contributed by atoms with van der Waals surface area (Å²) in [6.07, 6.45) is 3.63. The highest BCUT2D eigenvalue weighted by Gasteiger charge is 2.14. The van der Waals surface area contributed by atoms with Crippen molar-refractivity contribution < 1.29 is 0 Å². The van der Waals surface area contributed by atoms with Gasteiger partial charge in [0.2, 0.25) is 0 Å². The van der Waals surface area contributed by atoms with Crippen LogP contribution in [-0.2, 0) is 0 Å². The van der Waals surface area contributed by atoms with Crippen molar-refractivity contribution >= 4 is 22.2 Å². The first-order valence-corrected chi connectivity index (χ1v) is 6.45. The Balaban J connectivity index is 2.07. The zero-order valence-corrected chi connectivity index (χ0v) is 10.4. The molecule has 0 aliphatic carbocycles. The topological polar surface area (TPSA) is 63.8 Å². The third-order valence-electron chi connectivity index (χ3n) is 2.87. The number of fused-ring (bicyclic) bond motifs is 1. The molecule has 0 saturated carbocycles. The normalized spacial score (nSPS) is 12.7. The first kappa shape index (κ1) is 11.3. The van der Waals surface area contributed by atoms with Gasteiger partial charge in [0.05, 0.1) is 17.1 Å². The first-order valence-electron chi connectivity index (χ1n) is 5.57. The summed E-state index contributed by atoms with van der Waals surface area (Å²) < 4.78 is 0. The number of nitrogens with one attached hydrogen (secondary N) is 1. The van der Waals surface area contributed by atoms with Crippen molar-refractivity contribution in [2.75, 3.05) is 0 Å². The molecule has 1 aromatic carbocycles. The van der Waals surface area contributed by atoms with Gasteiger partial charge in [-0.1, -0.05) is 18.2 Å². The lowest BCUT2D eigenvalue weighted by atomic mass is 10.0. The number of hydrogen-bond donors (Lipinski definition) is 2. The molecule has 90 valence electrons. The number of thiazole rings is 1. The van der Waals surface area contributed by atoms with E-state index in [0.717, 1.165) is 21.3 Å². The monoisotopic (exact) mass is 256 g/mol. The number of hydrazine groups is 1. The van der Waals surface area contributed by atoms with Crippen LogP contribution < -0.4 is 11.3 Å². The summed E-state index contributed by atoms with van der Waals surface area (Å²) in [6.45, 7) is 0. The second-order valence-corrected chi connectivity index (χ2v) is 4.88. The van der Waals surface area contributed by atoms with Gasteiger partial charge in [-0.2, -0.15) is 0 Å². The van der Waals surface area contributed by atoms with E-state index < -0.39 is 0 Å². The molecule has 18 heavy (non-hydrogen) atoms. The lowest BCUT2D eigenvalue weighted by molar-refractivity contribution is 0.646. The van der Waals surface area contributed by atoms with E-state index in [4.69, 9.17) is 5.84 Å². The number of aromatic nitrogens is 2. The minimum atomic E-state index is -0.0380. The van der Waals surface area contributed by atoms with Crippen molar-refractivity contribution in [3.63, 3.8) is 0 Å². The van der Waals surface area contributed by atoms with Crippen molar-refractivity contribution in [1.29, 1.82) is 0 Å². The molecule has 3 N–H and O–H groups in total. The van der Waals surface area contributed by atoms with E-state index in [9.17, 15) is 0 Å². The molecule has 3 rings (SSSR count). The van der Waals surface area contributed by atoms with Crippen LogP contribution in [0.25, 0.3) is 10.9 Å². The van der Waals surface area contributed by atoms with E-state index in [1.54, 1.807) is 23.0 Å². The van der Waals surface area contributed by atoms with Gasteiger partial charge in [0, 0.05) is 22.7 Å². The van der Waals surface area contributed by atoms with Crippen molar-refractivity contribution in [1.82, 2.24) is 15.4 Å². The maximum Gasteiger partial charge on any atom is 0.0819 e. The lowest BCUT2D eigenvalue weighted by Gasteiger charge is -2.14. The van der Waals surface area contributed by atoms with Crippen LogP contribution in [0.5, 0.6) is 0 Å². The molecule has 1 unspecified atom stereocenters. The van der Waals surface area contributed by atoms with Crippen molar-refractivity contribution in [2.45, 2.75) is 6.04 Å². The third-order valence-corrected chi connectivity index (χ3v) is 3.71. The molecule has 0 amide bonds. The number of nitrogens with zero attached hydrogens (tertiary/aromatic N) is 2. The fourth-order valence-electron chi connectivity index (χ4n) is 1.97. The van der Waals surface area contributed by atoms with Crippen LogP contribution in [0.1, 0.15) is 16.5 Å². The van der Waals surface area contributed by atoms with E-state index >= 15 is 0 Å². The summed E-state index contributed by atoms with van der Waals surface area (Å²) in [6, 6.07) is 10.1. The highest BCUT2D eigenvalue weighted by atomic mass is 32.1. The predicted octanol–water partition coefficient (Wildman–Crippen LogP) is 2.24. The average molecular weight is 256 g/mol. The second kappa shape index (κ2) is 4.81. The van der Waals surface area contributed by atoms with Gasteiger partial charge < -0.3 is 0 Å². The van der Waals surface area contributed by atoms with Gasteiger partial charge in [0.1, 0.15) is 0 Å². The SMILES string of the molecule is NNC(c1ccc2cccnc2c1)c1cncs1. The Labute approximate surface area is 108 Å². The molecule has 0 saturated heterocycles. The van der Waals surface area contributed by atoms with Crippen LogP contribution in [0.4, 0.5) is 0 Å². The lowest BCUT2D eigenvalue weighted by Crippen LogP contribution is -2.28. The number of nitrogens with two attached hydrogens (primary N) is 1. The van der Waals surface area contributed by atoms with Crippen LogP contribution in [0, 0.1) is 0 Å². The molecule has 0 bridgehead atoms. The van der Waals surface area contributed by atoms with Gasteiger partial charge in [-0.25, -0.2) is 5.43 Å². The molecule has 0 aliphatic rings. The van der Waals surface area contributed by atoms with Gasteiger partial charge >= 0.3 is 0 Å². The molecule has 0 spiro atoms.